The summed E-state index contributed by atoms with van der Waals surface area (Å²) >= 11 is 6.10. The highest BCUT2D eigenvalue weighted by atomic mass is 35.5. The molecule has 3 N–H and O–H groups in total. The molecule has 2 aliphatic heterocycles. The Morgan fingerprint density at radius 1 is 1.22 bits per heavy atom. The van der Waals surface area contributed by atoms with E-state index in [0.29, 0.717) is 47.6 Å². The van der Waals surface area contributed by atoms with Gasteiger partial charge in [0, 0.05) is 45.9 Å². The lowest BCUT2D eigenvalue weighted by Crippen LogP contribution is -2.55. The summed E-state index contributed by atoms with van der Waals surface area (Å²) in [6.45, 7) is 3.59. The lowest BCUT2D eigenvalue weighted by Gasteiger charge is -2.40. The average molecular weight is 489 g/mol. The van der Waals surface area contributed by atoms with Crippen molar-refractivity contribution >= 4 is 33.2 Å². The highest BCUT2D eigenvalue weighted by Crippen LogP contribution is 2.29. The quantitative estimate of drug-likeness (QED) is 0.558. The number of anilines is 1. The smallest absolute Gasteiger partial charge is 0.255 e. The molecule has 0 spiro atoms. The zero-order chi connectivity index (χ0) is 23.5. The fraction of sp³-hybridized carbons (Fsp3) is 0.667. The summed E-state index contributed by atoms with van der Waals surface area (Å²) in [7, 11) is 0.0221. The van der Waals surface area contributed by atoms with Crippen LogP contribution in [0, 0.1) is 5.92 Å². The summed E-state index contributed by atoms with van der Waals surface area (Å²) in [5, 5.41) is 3.36. The first kappa shape index (κ1) is 25.0. The van der Waals surface area contributed by atoms with Gasteiger partial charge < -0.3 is 25.4 Å². The molecule has 0 bridgehead atoms. The van der Waals surface area contributed by atoms with Crippen molar-refractivity contribution in [2.24, 2.45) is 5.92 Å². The van der Waals surface area contributed by atoms with E-state index in [-0.39, 0.29) is 18.1 Å². The van der Waals surface area contributed by atoms with Crippen LogP contribution in [0.3, 0.4) is 0 Å². The number of ether oxygens (including phenoxy) is 2. The zero-order valence-corrected chi connectivity index (χ0v) is 20.4. The molecule has 11 heteroatoms. The second kappa shape index (κ2) is 10.6. The summed E-state index contributed by atoms with van der Waals surface area (Å²) in [6.07, 6.45) is 3.58. The second-order valence-electron chi connectivity index (χ2n) is 8.58. The van der Waals surface area contributed by atoms with Crippen LogP contribution in [0.2, 0.25) is 5.02 Å². The van der Waals surface area contributed by atoms with Crippen molar-refractivity contribution in [1.82, 2.24) is 14.5 Å². The second-order valence-corrected chi connectivity index (χ2v) is 11.0. The van der Waals surface area contributed by atoms with E-state index in [1.165, 1.54) is 19.4 Å². The van der Waals surface area contributed by atoms with Crippen molar-refractivity contribution < 1.29 is 22.7 Å². The Morgan fingerprint density at radius 3 is 2.50 bits per heavy atom. The molecule has 0 unspecified atom stereocenters. The van der Waals surface area contributed by atoms with Crippen LogP contribution in [0.1, 0.15) is 29.6 Å². The molecule has 0 radical (unpaired) electrons. The van der Waals surface area contributed by atoms with Crippen molar-refractivity contribution in [3.05, 3.63) is 22.7 Å². The number of carbonyl (C=O) groups excluding carboxylic acids is 1. The maximum atomic E-state index is 12.9. The van der Waals surface area contributed by atoms with Gasteiger partial charge >= 0.3 is 0 Å². The molecule has 3 rings (SSSR count). The molecule has 1 amide bonds. The van der Waals surface area contributed by atoms with Crippen molar-refractivity contribution in [2.75, 3.05) is 58.9 Å². The number of hydrogen-bond donors (Lipinski definition) is 2. The van der Waals surface area contributed by atoms with E-state index in [9.17, 15) is 13.2 Å². The minimum absolute atomic E-state index is 0.142. The number of rotatable bonds is 7. The standard InChI is InChI=1S/C21H33ClN4O5S/c1-30-19-11-17(23)16(22)10-15(19)21(27)24-18-6-7-25(13-20(18)31-2)12-14-4-8-26(9-5-14)32(3,28)29/h10-11,14,18,20H,4-9,12-13,23H2,1-3H3,(H,24,27)/t18-,20+/m1/s1. The van der Waals surface area contributed by atoms with E-state index in [1.807, 2.05) is 0 Å². The van der Waals surface area contributed by atoms with Crippen LogP contribution in [0.5, 0.6) is 5.75 Å². The SMILES string of the molecule is COc1cc(N)c(Cl)cc1C(=O)N[C@@H]1CCN(CC2CCN(S(C)(=O)=O)CC2)C[C@@H]1OC. The number of amides is 1. The van der Waals surface area contributed by atoms with Crippen LogP contribution in [0.4, 0.5) is 5.69 Å². The van der Waals surface area contributed by atoms with Gasteiger partial charge in [0.05, 0.1) is 41.8 Å². The van der Waals surface area contributed by atoms with Gasteiger partial charge in [-0.05, 0) is 31.2 Å². The Morgan fingerprint density at radius 2 is 1.91 bits per heavy atom. The summed E-state index contributed by atoms with van der Waals surface area (Å²) in [4.78, 5) is 15.3. The monoisotopic (exact) mass is 488 g/mol. The van der Waals surface area contributed by atoms with E-state index in [0.717, 1.165) is 32.4 Å². The number of carbonyl (C=O) groups is 1. The molecule has 2 aliphatic rings. The van der Waals surface area contributed by atoms with Crippen molar-refractivity contribution in [1.29, 1.82) is 0 Å². The number of hydrogen-bond acceptors (Lipinski definition) is 7. The summed E-state index contributed by atoms with van der Waals surface area (Å²) < 4.78 is 36.0. The van der Waals surface area contributed by atoms with Crippen molar-refractivity contribution in [3.8, 4) is 5.75 Å². The third kappa shape index (κ3) is 6.05. The predicted molar refractivity (Wildman–Crippen MR) is 125 cm³/mol. The summed E-state index contributed by atoms with van der Waals surface area (Å²) in [5.41, 5.74) is 6.50. The first-order valence-electron chi connectivity index (χ1n) is 10.8. The van der Waals surface area contributed by atoms with Gasteiger partial charge in [-0.1, -0.05) is 11.6 Å². The number of nitrogens with two attached hydrogens (primary N) is 1. The van der Waals surface area contributed by atoms with E-state index >= 15 is 0 Å². The number of nitrogen functional groups attached to an aromatic ring is 1. The average Bonchev–Trinajstić information content (AvgIpc) is 2.76. The first-order valence-corrected chi connectivity index (χ1v) is 13.0. The molecule has 1 aromatic carbocycles. The third-order valence-electron chi connectivity index (χ3n) is 6.38. The number of nitrogens with one attached hydrogen (secondary N) is 1. The van der Waals surface area contributed by atoms with Gasteiger partial charge in [0.2, 0.25) is 10.0 Å². The fourth-order valence-corrected chi connectivity index (χ4v) is 5.54. The molecule has 0 saturated carbocycles. The van der Waals surface area contributed by atoms with Gasteiger partial charge in [-0.2, -0.15) is 0 Å². The Labute approximate surface area is 195 Å². The number of sulfonamides is 1. The summed E-state index contributed by atoms with van der Waals surface area (Å²) in [6, 6.07) is 2.92. The molecular formula is C21H33ClN4O5S. The van der Waals surface area contributed by atoms with Gasteiger partial charge in [-0.15, -0.1) is 0 Å². The van der Waals surface area contributed by atoms with Gasteiger partial charge in [-0.25, -0.2) is 12.7 Å². The number of methoxy groups -OCH3 is 2. The number of likely N-dealkylation sites (tertiary alicyclic amines) is 1. The number of halogens is 1. The number of nitrogens with zero attached hydrogens (tertiary/aromatic N) is 2. The largest absolute Gasteiger partial charge is 0.496 e. The molecule has 0 aliphatic carbocycles. The normalized spacial score (nSPS) is 23.8. The third-order valence-corrected chi connectivity index (χ3v) is 8.02. The highest BCUT2D eigenvalue weighted by molar-refractivity contribution is 7.88. The summed E-state index contributed by atoms with van der Waals surface area (Å²) in [5.74, 6) is 0.548. The molecule has 2 atom stereocenters. The minimum atomic E-state index is -3.11. The van der Waals surface area contributed by atoms with Crippen molar-refractivity contribution in [2.45, 2.75) is 31.4 Å². The Kier molecular flexibility index (Phi) is 8.26. The lowest BCUT2D eigenvalue weighted by molar-refractivity contribution is -0.000137. The van der Waals surface area contributed by atoms with Crippen LogP contribution in [-0.4, -0.2) is 88.9 Å². The van der Waals surface area contributed by atoms with Crippen molar-refractivity contribution in [3.63, 3.8) is 0 Å². The molecule has 2 heterocycles. The molecule has 2 saturated heterocycles. The molecule has 180 valence electrons. The molecule has 9 nitrogen and oxygen atoms in total. The molecule has 32 heavy (non-hydrogen) atoms. The van der Waals surface area contributed by atoms with Crippen LogP contribution in [-0.2, 0) is 14.8 Å². The number of benzene rings is 1. The number of piperidine rings is 2. The van der Waals surface area contributed by atoms with E-state index < -0.39 is 10.0 Å². The van der Waals surface area contributed by atoms with Gasteiger partial charge in [0.1, 0.15) is 5.75 Å². The van der Waals surface area contributed by atoms with Crippen LogP contribution >= 0.6 is 11.6 Å². The van der Waals surface area contributed by atoms with E-state index in [4.69, 9.17) is 26.8 Å². The fourth-order valence-electron chi connectivity index (χ4n) is 4.50. The topological polar surface area (TPSA) is 114 Å². The van der Waals surface area contributed by atoms with Gasteiger partial charge in [-0.3, -0.25) is 4.79 Å². The Bertz CT molecular complexity index is 921. The minimum Gasteiger partial charge on any atom is -0.496 e. The maximum absolute atomic E-state index is 12.9. The first-order chi connectivity index (χ1) is 15.1. The van der Waals surface area contributed by atoms with Crippen LogP contribution < -0.4 is 15.8 Å². The van der Waals surface area contributed by atoms with Gasteiger partial charge in [0.15, 0.2) is 0 Å². The van der Waals surface area contributed by atoms with E-state index in [2.05, 4.69) is 10.2 Å². The molecule has 1 aromatic rings. The molecule has 2 fully saturated rings. The lowest BCUT2D eigenvalue weighted by atomic mass is 9.94. The molecule has 0 aromatic heterocycles. The highest BCUT2D eigenvalue weighted by Gasteiger charge is 2.33. The van der Waals surface area contributed by atoms with E-state index in [1.54, 1.807) is 17.5 Å². The predicted octanol–water partition coefficient (Wildman–Crippen LogP) is 1.42. The van der Waals surface area contributed by atoms with Gasteiger partial charge in [0.25, 0.3) is 5.91 Å². The maximum Gasteiger partial charge on any atom is 0.255 e. The Hall–Kier alpha value is -1.59. The molecular weight excluding hydrogens is 456 g/mol. The zero-order valence-electron chi connectivity index (χ0n) is 18.8. The van der Waals surface area contributed by atoms with Crippen LogP contribution in [0.15, 0.2) is 12.1 Å². The Balaban J connectivity index is 1.56. The van der Waals surface area contributed by atoms with Crippen LogP contribution in [0.25, 0.3) is 0 Å².